The predicted octanol–water partition coefficient (Wildman–Crippen LogP) is 2.59. The number of hydrogen-bond acceptors (Lipinski definition) is 2. The Morgan fingerprint density at radius 2 is 2.00 bits per heavy atom. The summed E-state index contributed by atoms with van der Waals surface area (Å²) in [6.07, 6.45) is 2.24. The second-order valence-corrected chi connectivity index (χ2v) is 4.04. The van der Waals surface area contributed by atoms with Gasteiger partial charge in [0, 0.05) is 12.4 Å². The number of amides is 1. The van der Waals surface area contributed by atoms with Gasteiger partial charge in [0.05, 0.1) is 13.0 Å². The first-order valence-corrected chi connectivity index (χ1v) is 6.37. The fraction of sp³-hybridized carbons (Fsp3) is 0.462. The number of alkyl halides is 1. The summed E-state index contributed by atoms with van der Waals surface area (Å²) in [4.78, 5) is 11.4. The van der Waals surface area contributed by atoms with E-state index in [0.717, 1.165) is 18.6 Å². The molecule has 1 rings (SSSR count). The minimum Gasteiger partial charge on any atom is -0.493 e. The molecule has 0 aliphatic carbocycles. The van der Waals surface area contributed by atoms with Crippen molar-refractivity contribution in [3.63, 3.8) is 0 Å². The molecule has 0 aromatic heterocycles. The van der Waals surface area contributed by atoms with E-state index >= 15 is 0 Å². The highest BCUT2D eigenvalue weighted by Gasteiger charge is 2.00. The standard InChI is InChI=1S/C13H18ClNO2/c14-9-4-5-10-15-13(16)8-11-17-12-6-2-1-3-7-12/h1-3,6-7H,4-5,8-11H2,(H,15,16). The molecule has 3 nitrogen and oxygen atoms in total. The fourth-order valence-electron chi connectivity index (χ4n) is 1.31. The van der Waals surface area contributed by atoms with E-state index < -0.39 is 0 Å². The van der Waals surface area contributed by atoms with Gasteiger partial charge in [0.25, 0.3) is 0 Å². The van der Waals surface area contributed by atoms with Crippen LogP contribution in [0.5, 0.6) is 5.75 Å². The zero-order valence-electron chi connectivity index (χ0n) is 9.82. The average molecular weight is 256 g/mol. The van der Waals surface area contributed by atoms with Crippen LogP contribution >= 0.6 is 11.6 Å². The number of para-hydroxylation sites is 1. The van der Waals surface area contributed by atoms with Crippen molar-refractivity contribution < 1.29 is 9.53 Å². The zero-order valence-corrected chi connectivity index (χ0v) is 10.6. The molecule has 1 amide bonds. The molecule has 0 atom stereocenters. The maximum absolute atomic E-state index is 11.4. The summed E-state index contributed by atoms with van der Waals surface area (Å²) < 4.78 is 5.42. The highest BCUT2D eigenvalue weighted by Crippen LogP contribution is 2.08. The molecular weight excluding hydrogens is 238 g/mol. The van der Waals surface area contributed by atoms with E-state index in [4.69, 9.17) is 16.3 Å². The van der Waals surface area contributed by atoms with Crippen molar-refractivity contribution in [1.82, 2.24) is 5.32 Å². The summed E-state index contributed by atoms with van der Waals surface area (Å²) in [5, 5.41) is 2.83. The normalized spacial score (nSPS) is 9.94. The molecule has 0 fully saturated rings. The Morgan fingerprint density at radius 3 is 2.71 bits per heavy atom. The van der Waals surface area contributed by atoms with E-state index in [9.17, 15) is 4.79 Å². The molecule has 0 radical (unpaired) electrons. The summed E-state index contributed by atoms with van der Waals surface area (Å²) in [6, 6.07) is 9.48. The van der Waals surface area contributed by atoms with Gasteiger partial charge in [-0.05, 0) is 25.0 Å². The van der Waals surface area contributed by atoms with Gasteiger partial charge in [0.1, 0.15) is 5.75 Å². The third-order valence-electron chi connectivity index (χ3n) is 2.22. The molecule has 0 heterocycles. The molecular formula is C13H18ClNO2. The van der Waals surface area contributed by atoms with Crippen LogP contribution in [-0.2, 0) is 4.79 Å². The molecule has 1 N–H and O–H groups in total. The molecule has 0 bridgehead atoms. The Bertz CT molecular complexity index is 316. The van der Waals surface area contributed by atoms with Crippen LogP contribution in [-0.4, -0.2) is 24.9 Å². The van der Waals surface area contributed by atoms with Crippen molar-refractivity contribution in [2.45, 2.75) is 19.3 Å². The van der Waals surface area contributed by atoms with Gasteiger partial charge < -0.3 is 10.1 Å². The molecule has 0 saturated carbocycles. The Labute approximate surface area is 107 Å². The Hall–Kier alpha value is -1.22. The highest BCUT2D eigenvalue weighted by atomic mass is 35.5. The number of unbranched alkanes of at least 4 members (excludes halogenated alkanes) is 1. The molecule has 0 aliphatic rings. The number of halogens is 1. The second-order valence-electron chi connectivity index (χ2n) is 3.66. The van der Waals surface area contributed by atoms with E-state index in [2.05, 4.69) is 5.32 Å². The molecule has 17 heavy (non-hydrogen) atoms. The summed E-state index contributed by atoms with van der Waals surface area (Å²) in [5.41, 5.74) is 0. The Morgan fingerprint density at radius 1 is 1.24 bits per heavy atom. The van der Waals surface area contributed by atoms with Crippen LogP contribution in [0.3, 0.4) is 0 Å². The number of carbonyl (C=O) groups excluding carboxylic acids is 1. The first-order chi connectivity index (χ1) is 8.33. The molecule has 94 valence electrons. The largest absolute Gasteiger partial charge is 0.493 e. The monoisotopic (exact) mass is 255 g/mol. The lowest BCUT2D eigenvalue weighted by molar-refractivity contribution is -0.121. The summed E-state index contributed by atoms with van der Waals surface area (Å²) in [6.45, 7) is 1.10. The number of rotatable bonds is 8. The molecule has 1 aromatic rings. The van der Waals surface area contributed by atoms with Crippen molar-refractivity contribution in [2.24, 2.45) is 0 Å². The number of carbonyl (C=O) groups is 1. The van der Waals surface area contributed by atoms with Gasteiger partial charge in [0.2, 0.25) is 5.91 Å². The third kappa shape index (κ3) is 6.84. The number of ether oxygens (including phenoxy) is 1. The fourth-order valence-corrected chi connectivity index (χ4v) is 1.50. The van der Waals surface area contributed by atoms with Crippen molar-refractivity contribution in [3.05, 3.63) is 30.3 Å². The van der Waals surface area contributed by atoms with Gasteiger partial charge in [-0.15, -0.1) is 11.6 Å². The van der Waals surface area contributed by atoms with Crippen LogP contribution in [0, 0.1) is 0 Å². The molecule has 4 heteroatoms. The van der Waals surface area contributed by atoms with E-state index in [1.807, 2.05) is 30.3 Å². The van der Waals surface area contributed by atoms with Gasteiger partial charge in [0.15, 0.2) is 0 Å². The van der Waals surface area contributed by atoms with E-state index in [1.165, 1.54) is 0 Å². The van der Waals surface area contributed by atoms with E-state index in [1.54, 1.807) is 0 Å². The quantitative estimate of drug-likeness (QED) is 0.573. The minimum atomic E-state index is 0.0236. The maximum Gasteiger partial charge on any atom is 0.223 e. The van der Waals surface area contributed by atoms with Crippen LogP contribution in [0.15, 0.2) is 30.3 Å². The van der Waals surface area contributed by atoms with Crippen molar-refractivity contribution in [2.75, 3.05) is 19.0 Å². The Kier molecular flexibility index (Phi) is 7.23. The topological polar surface area (TPSA) is 38.3 Å². The SMILES string of the molecule is O=C(CCOc1ccccc1)NCCCCCl. The highest BCUT2D eigenvalue weighted by molar-refractivity contribution is 6.17. The second kappa shape index (κ2) is 8.88. The lowest BCUT2D eigenvalue weighted by Gasteiger charge is -2.06. The van der Waals surface area contributed by atoms with Crippen LogP contribution < -0.4 is 10.1 Å². The smallest absolute Gasteiger partial charge is 0.223 e. The van der Waals surface area contributed by atoms with Gasteiger partial charge in [-0.3, -0.25) is 4.79 Å². The molecule has 0 spiro atoms. The molecule has 1 aromatic carbocycles. The summed E-state index contributed by atoms with van der Waals surface area (Å²) >= 11 is 5.54. The van der Waals surface area contributed by atoms with Crippen LogP contribution in [0.2, 0.25) is 0 Å². The average Bonchev–Trinajstić information content (AvgIpc) is 2.36. The number of benzene rings is 1. The van der Waals surface area contributed by atoms with Gasteiger partial charge in [-0.25, -0.2) is 0 Å². The van der Waals surface area contributed by atoms with Crippen molar-refractivity contribution >= 4 is 17.5 Å². The maximum atomic E-state index is 11.4. The summed E-state index contributed by atoms with van der Waals surface area (Å²) in [7, 11) is 0. The lowest BCUT2D eigenvalue weighted by Crippen LogP contribution is -2.25. The van der Waals surface area contributed by atoms with E-state index in [-0.39, 0.29) is 5.91 Å². The van der Waals surface area contributed by atoms with Gasteiger partial charge in [-0.2, -0.15) is 0 Å². The molecule has 0 unspecified atom stereocenters. The number of nitrogens with one attached hydrogen (secondary N) is 1. The zero-order chi connectivity index (χ0) is 12.3. The summed E-state index contributed by atoms with van der Waals surface area (Å²) in [5.74, 6) is 1.46. The first-order valence-electron chi connectivity index (χ1n) is 5.83. The van der Waals surface area contributed by atoms with Crippen LogP contribution in [0.25, 0.3) is 0 Å². The molecule has 0 saturated heterocycles. The first kappa shape index (κ1) is 13.8. The number of hydrogen-bond donors (Lipinski definition) is 1. The van der Waals surface area contributed by atoms with E-state index in [0.29, 0.717) is 25.5 Å². The lowest BCUT2D eigenvalue weighted by atomic mass is 10.3. The Balaban J connectivity index is 2.04. The van der Waals surface area contributed by atoms with Gasteiger partial charge in [-0.1, -0.05) is 18.2 Å². The van der Waals surface area contributed by atoms with Gasteiger partial charge >= 0.3 is 0 Å². The predicted molar refractivity (Wildman–Crippen MR) is 69.5 cm³/mol. The van der Waals surface area contributed by atoms with Crippen LogP contribution in [0.1, 0.15) is 19.3 Å². The molecule has 0 aliphatic heterocycles. The van der Waals surface area contributed by atoms with Crippen LogP contribution in [0.4, 0.5) is 0 Å². The minimum absolute atomic E-state index is 0.0236. The van der Waals surface area contributed by atoms with Crippen molar-refractivity contribution in [1.29, 1.82) is 0 Å². The van der Waals surface area contributed by atoms with Crippen molar-refractivity contribution in [3.8, 4) is 5.75 Å². The third-order valence-corrected chi connectivity index (χ3v) is 2.49.